The Bertz CT molecular complexity index is 1200. The van der Waals surface area contributed by atoms with Gasteiger partial charge in [0.05, 0.1) is 17.6 Å². The van der Waals surface area contributed by atoms with Gasteiger partial charge in [0.1, 0.15) is 6.33 Å². The van der Waals surface area contributed by atoms with Gasteiger partial charge in [0.2, 0.25) is 0 Å². The van der Waals surface area contributed by atoms with Crippen LogP contribution in [-0.2, 0) is 13.1 Å². The lowest BCUT2D eigenvalue weighted by atomic mass is 10.0. The number of benzene rings is 2. The fourth-order valence-electron chi connectivity index (χ4n) is 3.37. The largest absolute Gasteiger partial charge is 0.321 e. The Balaban J connectivity index is 1.43. The molecule has 5 rings (SSSR count). The highest BCUT2D eigenvalue weighted by Gasteiger charge is 2.10. The first-order valence-corrected chi connectivity index (χ1v) is 8.79. The Morgan fingerprint density at radius 3 is 2.74 bits per heavy atom. The molecule has 0 saturated carbocycles. The summed E-state index contributed by atoms with van der Waals surface area (Å²) in [5.74, 6) is 0. The number of hydrogen-bond donors (Lipinski definition) is 2. The van der Waals surface area contributed by atoms with Crippen LogP contribution in [0.15, 0.2) is 71.9 Å². The lowest BCUT2D eigenvalue weighted by molar-refractivity contribution is 0.747. The maximum Gasteiger partial charge on any atom is 0.263 e. The van der Waals surface area contributed by atoms with Crippen molar-refractivity contribution in [2.24, 2.45) is 0 Å². The van der Waals surface area contributed by atoms with Gasteiger partial charge in [-0.1, -0.05) is 36.4 Å². The maximum atomic E-state index is 12.6. The molecule has 6 nitrogen and oxygen atoms in total. The van der Waals surface area contributed by atoms with Crippen molar-refractivity contribution in [3.63, 3.8) is 0 Å². The molecule has 0 saturated heterocycles. The van der Waals surface area contributed by atoms with E-state index in [1.165, 1.54) is 5.56 Å². The van der Waals surface area contributed by atoms with Gasteiger partial charge in [-0.25, -0.2) is 15.4 Å². The van der Waals surface area contributed by atoms with E-state index >= 15 is 0 Å². The van der Waals surface area contributed by atoms with Crippen LogP contribution < -0.4 is 16.4 Å². The molecule has 2 aromatic carbocycles. The third-order valence-electron chi connectivity index (χ3n) is 4.85. The fraction of sp³-hybridized carbons (Fsp3) is 0.0952. The first-order valence-electron chi connectivity index (χ1n) is 8.79. The van der Waals surface area contributed by atoms with Gasteiger partial charge < -0.3 is 5.43 Å². The summed E-state index contributed by atoms with van der Waals surface area (Å²) in [6.45, 7) is 1.32. The van der Waals surface area contributed by atoms with Crippen molar-refractivity contribution in [2.75, 3.05) is 5.43 Å². The Kier molecular flexibility index (Phi) is 3.69. The van der Waals surface area contributed by atoms with E-state index in [9.17, 15) is 4.79 Å². The number of anilines is 1. The normalized spacial score (nSPS) is 12.7. The van der Waals surface area contributed by atoms with Gasteiger partial charge >= 0.3 is 0 Å². The quantitative estimate of drug-likeness (QED) is 0.591. The zero-order chi connectivity index (χ0) is 18.2. The minimum Gasteiger partial charge on any atom is -0.321 e. The van der Waals surface area contributed by atoms with Crippen molar-refractivity contribution in [1.29, 1.82) is 0 Å². The van der Waals surface area contributed by atoms with E-state index < -0.39 is 0 Å². The fourth-order valence-corrected chi connectivity index (χ4v) is 3.37. The molecule has 1 aliphatic heterocycles. The molecule has 6 heteroatoms. The number of hydrogen-bond acceptors (Lipinski definition) is 5. The van der Waals surface area contributed by atoms with E-state index in [0.29, 0.717) is 17.6 Å². The first kappa shape index (κ1) is 15.7. The van der Waals surface area contributed by atoms with E-state index in [4.69, 9.17) is 0 Å². The Morgan fingerprint density at radius 2 is 1.85 bits per heavy atom. The first-order chi connectivity index (χ1) is 13.3. The van der Waals surface area contributed by atoms with Gasteiger partial charge in [0.15, 0.2) is 5.65 Å². The van der Waals surface area contributed by atoms with Gasteiger partial charge in [-0.05, 0) is 40.5 Å². The van der Waals surface area contributed by atoms with Crippen LogP contribution in [0.1, 0.15) is 11.1 Å². The topological polar surface area (TPSA) is 71.8 Å². The minimum atomic E-state index is -0.0747. The van der Waals surface area contributed by atoms with Crippen molar-refractivity contribution in [2.45, 2.75) is 13.1 Å². The monoisotopic (exact) mass is 355 g/mol. The number of rotatable bonds is 3. The number of nitrogens with one attached hydrogen (secondary N) is 2. The molecular weight excluding hydrogens is 338 g/mol. The van der Waals surface area contributed by atoms with Gasteiger partial charge in [0, 0.05) is 12.7 Å². The van der Waals surface area contributed by atoms with E-state index in [1.807, 2.05) is 12.1 Å². The summed E-state index contributed by atoms with van der Waals surface area (Å²) in [7, 11) is 0. The lowest BCUT2D eigenvalue weighted by Gasteiger charge is -2.09. The van der Waals surface area contributed by atoms with Crippen LogP contribution in [0.4, 0.5) is 5.69 Å². The molecule has 0 aliphatic carbocycles. The summed E-state index contributed by atoms with van der Waals surface area (Å²) in [5, 5.41) is 0.538. The molecular formula is C21H17N5O. The third kappa shape index (κ3) is 2.86. The van der Waals surface area contributed by atoms with Crippen LogP contribution in [0.5, 0.6) is 0 Å². The van der Waals surface area contributed by atoms with Gasteiger partial charge in [-0.15, -0.1) is 0 Å². The van der Waals surface area contributed by atoms with Crippen LogP contribution in [0.25, 0.3) is 22.2 Å². The molecule has 0 radical (unpaired) electrons. The number of aromatic nitrogens is 3. The number of nitrogens with zero attached hydrogens (tertiary/aromatic N) is 3. The highest BCUT2D eigenvalue weighted by molar-refractivity contribution is 5.73. The van der Waals surface area contributed by atoms with Crippen LogP contribution in [0, 0.1) is 0 Å². The summed E-state index contributed by atoms with van der Waals surface area (Å²) < 4.78 is 1.62. The standard InChI is InChI=1S/C21H17N5O/c27-21-18-2-1-9-22-20(18)23-13-26(21)12-14-3-5-15(6-4-14)16-7-8-17-11-24-25-19(17)10-16/h1-10,13,24-25H,11-12H2. The second kappa shape index (κ2) is 6.34. The molecule has 0 amide bonds. The zero-order valence-corrected chi connectivity index (χ0v) is 14.5. The summed E-state index contributed by atoms with van der Waals surface area (Å²) in [4.78, 5) is 21.0. The summed E-state index contributed by atoms with van der Waals surface area (Å²) in [6.07, 6.45) is 3.20. The van der Waals surface area contributed by atoms with Crippen molar-refractivity contribution >= 4 is 16.7 Å². The van der Waals surface area contributed by atoms with Gasteiger partial charge in [-0.3, -0.25) is 9.36 Å². The Morgan fingerprint density at radius 1 is 1.00 bits per heavy atom. The predicted octanol–water partition coefficient (Wildman–Crippen LogP) is 2.94. The van der Waals surface area contributed by atoms with Gasteiger partial charge in [0.25, 0.3) is 5.56 Å². The lowest BCUT2D eigenvalue weighted by Crippen LogP contribution is -2.21. The van der Waals surface area contributed by atoms with Gasteiger partial charge in [-0.2, -0.15) is 0 Å². The molecule has 27 heavy (non-hydrogen) atoms. The summed E-state index contributed by atoms with van der Waals surface area (Å²) >= 11 is 0. The summed E-state index contributed by atoms with van der Waals surface area (Å²) in [6, 6.07) is 18.2. The molecule has 0 spiro atoms. The molecule has 0 bridgehead atoms. The molecule has 4 aromatic rings. The molecule has 132 valence electrons. The molecule has 2 aromatic heterocycles. The smallest absolute Gasteiger partial charge is 0.263 e. The SMILES string of the molecule is O=c1c2cccnc2ncn1Cc1ccc(-c2ccc3c(c2)NNC3)cc1. The predicted molar refractivity (Wildman–Crippen MR) is 105 cm³/mol. The molecule has 1 aliphatic rings. The van der Waals surface area contributed by atoms with Crippen molar-refractivity contribution in [3.05, 3.63) is 88.6 Å². The highest BCUT2D eigenvalue weighted by Crippen LogP contribution is 2.27. The summed E-state index contributed by atoms with van der Waals surface area (Å²) in [5.41, 5.74) is 12.5. The van der Waals surface area contributed by atoms with E-state index in [0.717, 1.165) is 28.9 Å². The van der Waals surface area contributed by atoms with E-state index in [-0.39, 0.29) is 5.56 Å². The third-order valence-corrected chi connectivity index (χ3v) is 4.85. The Labute approximate surface area is 155 Å². The van der Waals surface area contributed by atoms with Crippen LogP contribution in [-0.4, -0.2) is 14.5 Å². The second-order valence-corrected chi connectivity index (χ2v) is 6.60. The van der Waals surface area contributed by atoms with Crippen molar-refractivity contribution < 1.29 is 0 Å². The van der Waals surface area contributed by atoms with Crippen molar-refractivity contribution in [1.82, 2.24) is 20.0 Å². The molecule has 0 unspecified atom stereocenters. The molecule has 0 atom stereocenters. The second-order valence-electron chi connectivity index (χ2n) is 6.60. The maximum absolute atomic E-state index is 12.6. The molecule has 2 N–H and O–H groups in total. The average molecular weight is 355 g/mol. The number of pyridine rings is 1. The van der Waals surface area contributed by atoms with Crippen LogP contribution in [0.3, 0.4) is 0 Å². The van der Waals surface area contributed by atoms with Crippen LogP contribution >= 0.6 is 0 Å². The van der Waals surface area contributed by atoms with E-state index in [1.54, 1.807) is 29.2 Å². The van der Waals surface area contributed by atoms with Crippen molar-refractivity contribution in [3.8, 4) is 11.1 Å². The zero-order valence-electron chi connectivity index (χ0n) is 14.5. The van der Waals surface area contributed by atoms with E-state index in [2.05, 4.69) is 51.2 Å². The average Bonchev–Trinajstić information content (AvgIpc) is 3.19. The molecule has 3 heterocycles. The Hall–Kier alpha value is -3.51. The number of hydrazine groups is 1. The highest BCUT2D eigenvalue weighted by atomic mass is 16.1. The van der Waals surface area contributed by atoms with Crippen LogP contribution in [0.2, 0.25) is 0 Å². The molecule has 0 fully saturated rings. The number of fused-ring (bicyclic) bond motifs is 2. The minimum absolute atomic E-state index is 0.0747.